The number of ether oxygens (including phenoxy) is 1. The van der Waals surface area contributed by atoms with Gasteiger partial charge in [0.25, 0.3) is 0 Å². The minimum Gasteiger partial charge on any atom is -0.384 e. The van der Waals surface area contributed by atoms with E-state index in [0.717, 1.165) is 6.54 Å². The van der Waals surface area contributed by atoms with Crippen molar-refractivity contribution in [1.29, 1.82) is 0 Å². The van der Waals surface area contributed by atoms with Crippen molar-refractivity contribution in [1.82, 2.24) is 14.6 Å². The molecule has 0 aliphatic heterocycles. The van der Waals surface area contributed by atoms with E-state index in [9.17, 15) is 8.42 Å². The summed E-state index contributed by atoms with van der Waals surface area (Å²) in [6, 6.07) is 2.86. The van der Waals surface area contributed by atoms with Crippen LogP contribution in [0.1, 0.15) is 0 Å². The molecule has 108 valence electrons. The van der Waals surface area contributed by atoms with Crippen molar-refractivity contribution in [3.63, 3.8) is 0 Å². The molecule has 0 unspecified atom stereocenters. The first-order valence-electron chi connectivity index (χ1n) is 5.85. The van der Waals surface area contributed by atoms with E-state index in [1.165, 1.54) is 18.3 Å². The van der Waals surface area contributed by atoms with E-state index in [2.05, 4.69) is 9.71 Å². The molecule has 0 bridgehead atoms. The smallest absolute Gasteiger partial charge is 0.242 e. The number of pyridine rings is 1. The summed E-state index contributed by atoms with van der Waals surface area (Å²) in [4.78, 5) is 5.83. The molecule has 1 rings (SSSR count). The number of hydrogen-bond donors (Lipinski definition) is 2. The van der Waals surface area contributed by atoms with Gasteiger partial charge in [-0.3, -0.25) is 0 Å². The normalized spacial score (nSPS) is 11.9. The van der Waals surface area contributed by atoms with E-state index < -0.39 is 10.0 Å². The van der Waals surface area contributed by atoms with Gasteiger partial charge in [-0.1, -0.05) is 0 Å². The molecule has 3 N–H and O–H groups in total. The molecule has 0 atom stereocenters. The van der Waals surface area contributed by atoms with Gasteiger partial charge in [-0.2, -0.15) is 0 Å². The van der Waals surface area contributed by atoms with Crippen molar-refractivity contribution in [3.05, 3.63) is 18.3 Å². The molecule has 7 nitrogen and oxygen atoms in total. The topological polar surface area (TPSA) is 97.5 Å². The maximum atomic E-state index is 11.8. The molecule has 1 heterocycles. The molecule has 0 spiro atoms. The van der Waals surface area contributed by atoms with Gasteiger partial charge >= 0.3 is 0 Å². The Morgan fingerprint density at radius 3 is 2.68 bits per heavy atom. The van der Waals surface area contributed by atoms with Crippen LogP contribution < -0.4 is 10.5 Å². The van der Waals surface area contributed by atoms with Gasteiger partial charge in [-0.05, 0) is 26.2 Å². The highest BCUT2D eigenvalue weighted by atomic mass is 32.2. The third-order valence-corrected chi connectivity index (χ3v) is 3.74. The number of nitrogens with one attached hydrogen (secondary N) is 1. The van der Waals surface area contributed by atoms with E-state index in [-0.39, 0.29) is 17.3 Å². The Bertz CT molecular complexity index is 473. The lowest BCUT2D eigenvalue weighted by molar-refractivity contribution is 0.122. The van der Waals surface area contributed by atoms with Crippen LogP contribution in [-0.4, -0.2) is 58.7 Å². The molecule has 1 aromatic heterocycles. The van der Waals surface area contributed by atoms with E-state index in [4.69, 9.17) is 10.5 Å². The first-order valence-corrected chi connectivity index (χ1v) is 7.34. The Kier molecular flexibility index (Phi) is 6.16. The van der Waals surface area contributed by atoms with Crippen LogP contribution in [0.2, 0.25) is 0 Å². The Morgan fingerprint density at radius 2 is 2.11 bits per heavy atom. The van der Waals surface area contributed by atoms with Gasteiger partial charge in [0.05, 0.1) is 13.2 Å². The number of nitrogens with zero attached hydrogens (tertiary/aromatic N) is 2. The molecular weight excluding hydrogens is 268 g/mol. The van der Waals surface area contributed by atoms with Crippen molar-refractivity contribution in [2.24, 2.45) is 0 Å². The molecule has 19 heavy (non-hydrogen) atoms. The minimum atomic E-state index is -3.54. The third kappa shape index (κ3) is 5.97. The fourth-order valence-corrected chi connectivity index (χ4v) is 2.19. The van der Waals surface area contributed by atoms with Crippen LogP contribution in [0.3, 0.4) is 0 Å². The number of anilines is 1. The van der Waals surface area contributed by atoms with Crippen molar-refractivity contribution in [2.75, 3.05) is 46.1 Å². The second-order valence-corrected chi connectivity index (χ2v) is 6.00. The van der Waals surface area contributed by atoms with Crippen LogP contribution in [0.4, 0.5) is 5.82 Å². The van der Waals surface area contributed by atoms with Crippen LogP contribution in [0, 0.1) is 0 Å². The predicted octanol–water partition coefficient (Wildman–Crippen LogP) is -0.480. The standard InChI is InChI=1S/C11H20N4O3S/c1-15(2)6-8-18-7-5-14-19(16,17)10-3-4-11(12)13-9-10/h3-4,9,14H,5-8H2,1-2H3,(H2,12,13). The van der Waals surface area contributed by atoms with Crippen molar-refractivity contribution in [3.8, 4) is 0 Å². The van der Waals surface area contributed by atoms with Crippen molar-refractivity contribution < 1.29 is 13.2 Å². The van der Waals surface area contributed by atoms with E-state index in [1.54, 1.807) is 0 Å². The minimum absolute atomic E-state index is 0.0926. The van der Waals surface area contributed by atoms with Crippen LogP contribution in [0.5, 0.6) is 0 Å². The monoisotopic (exact) mass is 288 g/mol. The van der Waals surface area contributed by atoms with Gasteiger partial charge < -0.3 is 15.4 Å². The zero-order valence-electron chi connectivity index (χ0n) is 11.2. The summed E-state index contributed by atoms with van der Waals surface area (Å²) in [5.74, 6) is 0.283. The molecule has 1 aromatic rings. The molecule has 0 saturated heterocycles. The molecular formula is C11H20N4O3S. The fraction of sp³-hybridized carbons (Fsp3) is 0.545. The molecule has 0 aromatic carbocycles. The van der Waals surface area contributed by atoms with Crippen LogP contribution >= 0.6 is 0 Å². The zero-order valence-corrected chi connectivity index (χ0v) is 12.0. The van der Waals surface area contributed by atoms with Crippen LogP contribution in [0.25, 0.3) is 0 Å². The lowest BCUT2D eigenvalue weighted by Gasteiger charge is -2.10. The average Bonchev–Trinajstić information content (AvgIpc) is 2.34. The van der Waals surface area contributed by atoms with Gasteiger partial charge in [-0.25, -0.2) is 18.1 Å². The summed E-state index contributed by atoms with van der Waals surface area (Å²) in [7, 11) is 0.350. The molecule has 0 amide bonds. The van der Waals surface area contributed by atoms with E-state index >= 15 is 0 Å². The van der Waals surface area contributed by atoms with Gasteiger partial charge in [0, 0.05) is 19.3 Å². The quantitative estimate of drug-likeness (QED) is 0.627. The lowest BCUT2D eigenvalue weighted by atomic mass is 10.5. The van der Waals surface area contributed by atoms with Gasteiger partial charge in [0.1, 0.15) is 10.7 Å². The van der Waals surface area contributed by atoms with Gasteiger partial charge in [0.2, 0.25) is 10.0 Å². The highest BCUT2D eigenvalue weighted by Gasteiger charge is 2.13. The number of aromatic nitrogens is 1. The fourth-order valence-electron chi connectivity index (χ4n) is 1.23. The molecule has 0 fully saturated rings. The second-order valence-electron chi connectivity index (χ2n) is 4.23. The number of sulfonamides is 1. The maximum Gasteiger partial charge on any atom is 0.242 e. The van der Waals surface area contributed by atoms with Crippen molar-refractivity contribution in [2.45, 2.75) is 4.90 Å². The van der Waals surface area contributed by atoms with Crippen molar-refractivity contribution >= 4 is 15.8 Å². The zero-order chi connectivity index (χ0) is 14.3. The van der Waals surface area contributed by atoms with Gasteiger partial charge in [-0.15, -0.1) is 0 Å². The van der Waals surface area contributed by atoms with Gasteiger partial charge in [0.15, 0.2) is 0 Å². The number of nitrogens with two attached hydrogens (primary N) is 1. The second kappa shape index (κ2) is 7.39. The lowest BCUT2D eigenvalue weighted by Crippen LogP contribution is -2.28. The molecule has 0 radical (unpaired) electrons. The summed E-state index contributed by atoms with van der Waals surface area (Å²) in [5, 5.41) is 0. The Balaban J connectivity index is 2.33. The highest BCUT2D eigenvalue weighted by molar-refractivity contribution is 7.89. The van der Waals surface area contributed by atoms with E-state index in [1.807, 2.05) is 19.0 Å². The third-order valence-electron chi connectivity index (χ3n) is 2.29. The number of hydrogen-bond acceptors (Lipinski definition) is 6. The largest absolute Gasteiger partial charge is 0.384 e. The Hall–Kier alpha value is -1.22. The first-order chi connectivity index (χ1) is 8.92. The molecule has 8 heteroatoms. The number of nitrogen functional groups attached to an aromatic ring is 1. The predicted molar refractivity (Wildman–Crippen MR) is 73.2 cm³/mol. The summed E-state index contributed by atoms with van der Waals surface area (Å²) in [5.41, 5.74) is 5.40. The molecule has 0 aliphatic carbocycles. The first kappa shape index (κ1) is 15.8. The highest BCUT2D eigenvalue weighted by Crippen LogP contribution is 2.07. The number of likely N-dealkylation sites (N-methyl/N-ethyl adjacent to an activating group) is 1. The average molecular weight is 288 g/mol. The number of rotatable bonds is 8. The Morgan fingerprint density at radius 1 is 1.37 bits per heavy atom. The van der Waals surface area contributed by atoms with E-state index in [0.29, 0.717) is 13.2 Å². The summed E-state index contributed by atoms with van der Waals surface area (Å²) in [6.07, 6.45) is 1.23. The van der Waals surface area contributed by atoms with Crippen LogP contribution in [0.15, 0.2) is 23.2 Å². The summed E-state index contributed by atoms with van der Waals surface area (Å²) < 4.78 is 31.4. The summed E-state index contributed by atoms with van der Waals surface area (Å²) in [6.45, 7) is 1.92. The maximum absolute atomic E-state index is 11.8. The summed E-state index contributed by atoms with van der Waals surface area (Å²) >= 11 is 0. The Labute approximate surface area is 113 Å². The van der Waals surface area contributed by atoms with Crippen LogP contribution in [-0.2, 0) is 14.8 Å². The SMILES string of the molecule is CN(C)CCOCCNS(=O)(=O)c1ccc(N)nc1. The molecule has 0 saturated carbocycles. The molecule has 0 aliphatic rings.